The highest BCUT2D eigenvalue weighted by atomic mass is 16.5. The molecule has 0 spiro atoms. The van der Waals surface area contributed by atoms with Crippen molar-refractivity contribution in [3.63, 3.8) is 0 Å². The molecule has 0 aromatic heterocycles. The summed E-state index contributed by atoms with van der Waals surface area (Å²) in [6.07, 6.45) is 5.16. The molecule has 1 aliphatic carbocycles. The van der Waals surface area contributed by atoms with Crippen molar-refractivity contribution in [2.24, 2.45) is 5.73 Å². The first kappa shape index (κ1) is 13.1. The standard InChI is InChI=1S/C16H24N2O/c1-18(11-12-6-4-5-9-19-12)16-10-15(17)13-7-2-3-8-14(13)16/h2-3,7-8,12,15-16H,4-6,9-11,17H2,1H3. The minimum absolute atomic E-state index is 0.191. The minimum Gasteiger partial charge on any atom is -0.377 e. The molecule has 3 atom stereocenters. The van der Waals surface area contributed by atoms with Crippen LogP contribution in [-0.2, 0) is 4.74 Å². The molecule has 1 fully saturated rings. The zero-order valence-electron chi connectivity index (χ0n) is 11.7. The second kappa shape index (κ2) is 5.61. The fourth-order valence-corrected chi connectivity index (χ4v) is 3.46. The molecular weight excluding hydrogens is 236 g/mol. The number of nitrogens with zero attached hydrogens (tertiary/aromatic N) is 1. The maximum atomic E-state index is 6.25. The lowest BCUT2D eigenvalue weighted by atomic mass is 10.1. The fourth-order valence-electron chi connectivity index (χ4n) is 3.46. The van der Waals surface area contributed by atoms with E-state index in [2.05, 4.69) is 36.2 Å². The van der Waals surface area contributed by atoms with E-state index < -0.39 is 0 Å². The minimum atomic E-state index is 0.191. The number of benzene rings is 1. The van der Waals surface area contributed by atoms with Crippen molar-refractivity contribution >= 4 is 0 Å². The molecule has 1 heterocycles. The van der Waals surface area contributed by atoms with Gasteiger partial charge in [0, 0.05) is 25.2 Å². The molecule has 3 heteroatoms. The van der Waals surface area contributed by atoms with E-state index >= 15 is 0 Å². The number of hydrogen-bond acceptors (Lipinski definition) is 3. The first-order valence-corrected chi connectivity index (χ1v) is 7.42. The summed E-state index contributed by atoms with van der Waals surface area (Å²) in [4.78, 5) is 2.43. The van der Waals surface area contributed by atoms with Crippen LogP contribution in [0, 0.1) is 0 Å². The van der Waals surface area contributed by atoms with Crippen molar-refractivity contribution in [2.45, 2.75) is 43.9 Å². The van der Waals surface area contributed by atoms with Gasteiger partial charge in [-0.05, 0) is 43.9 Å². The number of rotatable bonds is 3. The average molecular weight is 260 g/mol. The van der Waals surface area contributed by atoms with Gasteiger partial charge in [0.05, 0.1) is 6.10 Å². The monoisotopic (exact) mass is 260 g/mol. The fraction of sp³-hybridized carbons (Fsp3) is 0.625. The molecule has 1 aromatic rings. The third-order valence-electron chi connectivity index (χ3n) is 4.53. The zero-order valence-corrected chi connectivity index (χ0v) is 11.7. The van der Waals surface area contributed by atoms with Crippen LogP contribution in [0.4, 0.5) is 0 Å². The van der Waals surface area contributed by atoms with Gasteiger partial charge in [0.15, 0.2) is 0 Å². The van der Waals surface area contributed by atoms with Crippen molar-refractivity contribution in [3.05, 3.63) is 35.4 Å². The van der Waals surface area contributed by atoms with E-state index in [0.29, 0.717) is 12.1 Å². The van der Waals surface area contributed by atoms with Gasteiger partial charge in [-0.25, -0.2) is 0 Å². The third-order valence-corrected chi connectivity index (χ3v) is 4.53. The second-order valence-corrected chi connectivity index (χ2v) is 5.92. The van der Waals surface area contributed by atoms with Crippen LogP contribution in [0.3, 0.4) is 0 Å². The van der Waals surface area contributed by atoms with Gasteiger partial charge in [0.2, 0.25) is 0 Å². The van der Waals surface area contributed by atoms with Gasteiger partial charge >= 0.3 is 0 Å². The quantitative estimate of drug-likeness (QED) is 0.908. The summed E-state index contributed by atoms with van der Waals surface area (Å²) >= 11 is 0. The molecule has 3 rings (SSSR count). The molecule has 0 radical (unpaired) electrons. The number of likely N-dealkylation sites (N-methyl/N-ethyl adjacent to an activating group) is 1. The van der Waals surface area contributed by atoms with Crippen molar-refractivity contribution in [1.82, 2.24) is 4.90 Å². The number of ether oxygens (including phenoxy) is 1. The number of nitrogens with two attached hydrogens (primary N) is 1. The van der Waals surface area contributed by atoms with E-state index in [9.17, 15) is 0 Å². The molecule has 0 saturated carbocycles. The highest BCUT2D eigenvalue weighted by Crippen LogP contribution is 2.40. The van der Waals surface area contributed by atoms with Crippen molar-refractivity contribution in [1.29, 1.82) is 0 Å². The Morgan fingerprint density at radius 1 is 1.26 bits per heavy atom. The van der Waals surface area contributed by atoms with Gasteiger partial charge in [-0.3, -0.25) is 4.90 Å². The van der Waals surface area contributed by atoms with E-state index in [1.165, 1.54) is 30.4 Å². The summed E-state index contributed by atoms with van der Waals surface area (Å²) in [5.41, 5.74) is 8.98. The number of fused-ring (bicyclic) bond motifs is 1. The van der Waals surface area contributed by atoms with Gasteiger partial charge in [-0.1, -0.05) is 24.3 Å². The van der Waals surface area contributed by atoms with Crippen LogP contribution >= 0.6 is 0 Å². The predicted molar refractivity (Wildman–Crippen MR) is 76.9 cm³/mol. The number of hydrogen-bond donors (Lipinski definition) is 1. The normalized spacial score (nSPS) is 30.6. The van der Waals surface area contributed by atoms with E-state index in [4.69, 9.17) is 10.5 Å². The molecule has 0 bridgehead atoms. The van der Waals surface area contributed by atoms with Gasteiger partial charge in [-0.2, -0.15) is 0 Å². The van der Waals surface area contributed by atoms with Gasteiger partial charge in [0.1, 0.15) is 0 Å². The summed E-state index contributed by atoms with van der Waals surface area (Å²) in [6, 6.07) is 9.25. The molecule has 3 nitrogen and oxygen atoms in total. The molecule has 2 N–H and O–H groups in total. The van der Waals surface area contributed by atoms with Crippen LogP contribution < -0.4 is 5.73 Å². The predicted octanol–water partition coefficient (Wildman–Crippen LogP) is 2.63. The van der Waals surface area contributed by atoms with E-state index in [0.717, 1.165) is 19.6 Å². The molecule has 104 valence electrons. The van der Waals surface area contributed by atoms with E-state index in [1.54, 1.807) is 0 Å². The Morgan fingerprint density at radius 2 is 2.05 bits per heavy atom. The average Bonchev–Trinajstić information content (AvgIpc) is 2.78. The van der Waals surface area contributed by atoms with E-state index in [1.807, 2.05) is 0 Å². The Labute approximate surface area is 115 Å². The van der Waals surface area contributed by atoms with Crippen molar-refractivity contribution in [3.8, 4) is 0 Å². The first-order chi connectivity index (χ1) is 9.25. The Hall–Kier alpha value is -0.900. The molecule has 1 aromatic carbocycles. The summed E-state index contributed by atoms with van der Waals surface area (Å²) in [6.45, 7) is 1.95. The Bertz CT molecular complexity index is 429. The second-order valence-electron chi connectivity index (χ2n) is 5.92. The SMILES string of the molecule is CN(CC1CCCCO1)C1CC(N)c2ccccc21. The van der Waals surface area contributed by atoms with Crippen LogP contribution in [0.15, 0.2) is 24.3 Å². The first-order valence-electron chi connectivity index (χ1n) is 7.42. The Morgan fingerprint density at radius 3 is 2.79 bits per heavy atom. The molecule has 0 amide bonds. The van der Waals surface area contributed by atoms with Crippen LogP contribution in [-0.4, -0.2) is 31.2 Å². The van der Waals surface area contributed by atoms with Gasteiger partial charge < -0.3 is 10.5 Å². The summed E-state index contributed by atoms with van der Waals surface area (Å²) in [5.74, 6) is 0. The molecule has 1 aliphatic heterocycles. The Kier molecular flexibility index (Phi) is 3.87. The highest BCUT2D eigenvalue weighted by Gasteiger charge is 2.32. The van der Waals surface area contributed by atoms with Crippen LogP contribution in [0.25, 0.3) is 0 Å². The zero-order chi connectivity index (χ0) is 13.2. The largest absolute Gasteiger partial charge is 0.377 e. The molecule has 19 heavy (non-hydrogen) atoms. The maximum absolute atomic E-state index is 6.25. The van der Waals surface area contributed by atoms with Crippen molar-refractivity contribution < 1.29 is 4.74 Å². The summed E-state index contributed by atoms with van der Waals surface area (Å²) in [5, 5.41) is 0. The van der Waals surface area contributed by atoms with Crippen LogP contribution in [0.5, 0.6) is 0 Å². The lowest BCUT2D eigenvalue weighted by Crippen LogP contribution is -2.35. The van der Waals surface area contributed by atoms with Gasteiger partial charge in [0.25, 0.3) is 0 Å². The third kappa shape index (κ3) is 2.69. The molecule has 3 unspecified atom stereocenters. The van der Waals surface area contributed by atoms with Crippen molar-refractivity contribution in [2.75, 3.05) is 20.2 Å². The van der Waals surface area contributed by atoms with Crippen LogP contribution in [0.2, 0.25) is 0 Å². The molecular formula is C16H24N2O. The summed E-state index contributed by atoms with van der Waals surface area (Å²) in [7, 11) is 2.21. The Balaban J connectivity index is 1.69. The molecule has 1 saturated heterocycles. The topological polar surface area (TPSA) is 38.5 Å². The smallest absolute Gasteiger partial charge is 0.0702 e. The highest BCUT2D eigenvalue weighted by molar-refractivity contribution is 5.37. The van der Waals surface area contributed by atoms with Crippen LogP contribution in [0.1, 0.15) is 48.9 Å². The lowest BCUT2D eigenvalue weighted by Gasteiger charge is -2.31. The van der Waals surface area contributed by atoms with E-state index in [-0.39, 0.29) is 6.04 Å². The van der Waals surface area contributed by atoms with Gasteiger partial charge in [-0.15, -0.1) is 0 Å². The lowest BCUT2D eigenvalue weighted by molar-refractivity contribution is -0.00856. The summed E-state index contributed by atoms with van der Waals surface area (Å²) < 4.78 is 5.85. The maximum Gasteiger partial charge on any atom is 0.0702 e. The molecule has 2 aliphatic rings.